The smallest absolute Gasteiger partial charge is 0.342 e. The Balaban J connectivity index is 1.70. The van der Waals surface area contributed by atoms with E-state index in [1.165, 1.54) is 0 Å². The molecule has 0 aliphatic carbocycles. The molecule has 2 aliphatic rings. The number of hydrogen-bond donors (Lipinski definition) is 1. The number of nitrogens with zero attached hydrogens (tertiary/aromatic N) is 2. The van der Waals surface area contributed by atoms with Gasteiger partial charge < -0.3 is 10.6 Å². The van der Waals surface area contributed by atoms with Crippen LogP contribution in [0.5, 0.6) is 0 Å². The lowest BCUT2D eigenvalue weighted by Crippen LogP contribution is -2.52. The third kappa shape index (κ3) is 4.91. The van der Waals surface area contributed by atoms with Gasteiger partial charge in [-0.3, -0.25) is 9.79 Å². The molecular weight excluding hydrogens is 400 g/mol. The molecule has 2 N–H and O–H groups in total. The first kappa shape index (κ1) is 21.6. The zero-order valence-corrected chi connectivity index (χ0v) is 15.9. The van der Waals surface area contributed by atoms with Crippen LogP contribution in [0, 0.1) is 5.92 Å². The first-order valence-electron chi connectivity index (χ1n) is 9.08. The predicted molar refractivity (Wildman–Crippen MR) is 94.8 cm³/mol. The number of hydrogen-bond acceptors (Lipinski definition) is 3. The second-order valence-electron chi connectivity index (χ2n) is 8.42. The van der Waals surface area contributed by atoms with Crippen LogP contribution in [0.25, 0.3) is 0 Å². The van der Waals surface area contributed by atoms with Crippen LogP contribution >= 0.6 is 0 Å². The van der Waals surface area contributed by atoms with Crippen molar-refractivity contribution in [1.82, 2.24) is 4.90 Å². The average Bonchev–Trinajstić information content (AvgIpc) is 2.87. The van der Waals surface area contributed by atoms with Crippen LogP contribution in [0.3, 0.4) is 0 Å². The summed E-state index contributed by atoms with van der Waals surface area (Å²) >= 11 is 0. The third-order valence-corrected chi connectivity index (χ3v) is 4.93. The van der Waals surface area contributed by atoms with E-state index >= 15 is 0 Å². The number of likely N-dealkylation sites (tertiary alicyclic amines) is 1. The van der Waals surface area contributed by atoms with E-state index in [4.69, 9.17) is 5.73 Å². The van der Waals surface area contributed by atoms with Crippen LogP contribution in [-0.4, -0.2) is 35.1 Å². The van der Waals surface area contributed by atoms with Gasteiger partial charge in [0.05, 0.1) is 16.8 Å². The second-order valence-corrected chi connectivity index (χ2v) is 8.42. The van der Waals surface area contributed by atoms with Crippen LogP contribution in [0.4, 0.5) is 32.0 Å². The molecule has 160 valence electrons. The first-order valence-corrected chi connectivity index (χ1v) is 9.08. The van der Waals surface area contributed by atoms with Crippen LogP contribution in [0.2, 0.25) is 0 Å². The van der Waals surface area contributed by atoms with Gasteiger partial charge in [-0.15, -0.1) is 0 Å². The molecule has 10 heteroatoms. The Labute approximate surface area is 163 Å². The Morgan fingerprint density at radius 2 is 1.76 bits per heavy atom. The molecule has 0 saturated carbocycles. The Kier molecular flexibility index (Phi) is 5.21. The number of fused-ring (bicyclic) bond motifs is 1. The number of alkyl halides is 6. The summed E-state index contributed by atoms with van der Waals surface area (Å²) in [6, 6.07) is 0.852. The van der Waals surface area contributed by atoms with Gasteiger partial charge in [-0.25, -0.2) is 0 Å². The maximum absolute atomic E-state index is 13.3. The van der Waals surface area contributed by atoms with Crippen LogP contribution < -0.4 is 5.73 Å². The summed E-state index contributed by atoms with van der Waals surface area (Å²) in [6.07, 6.45) is -9.34. The molecule has 29 heavy (non-hydrogen) atoms. The normalized spacial score (nSPS) is 17.8. The van der Waals surface area contributed by atoms with Gasteiger partial charge in [0.15, 0.2) is 0 Å². The van der Waals surface area contributed by atoms with E-state index < -0.39 is 34.7 Å². The zero-order chi connectivity index (χ0) is 21.8. The Morgan fingerprint density at radius 1 is 1.14 bits per heavy atom. The second kappa shape index (κ2) is 7.00. The van der Waals surface area contributed by atoms with Crippen molar-refractivity contribution in [2.75, 3.05) is 13.1 Å². The molecule has 1 aromatic rings. The SMILES string of the molecule is CC(C)(N)CC(=O)N1CC(CC2=Nc3c(cc(C(F)(F)F)cc3C(F)(F)F)C2)C1. The highest BCUT2D eigenvalue weighted by Crippen LogP contribution is 2.45. The maximum Gasteiger partial charge on any atom is 0.418 e. The molecule has 0 atom stereocenters. The topological polar surface area (TPSA) is 58.7 Å². The van der Waals surface area contributed by atoms with Gasteiger partial charge in [-0.1, -0.05) is 0 Å². The van der Waals surface area contributed by atoms with Crippen LogP contribution in [-0.2, 0) is 23.6 Å². The lowest BCUT2D eigenvalue weighted by Gasteiger charge is -2.40. The van der Waals surface area contributed by atoms with E-state index in [2.05, 4.69) is 4.99 Å². The largest absolute Gasteiger partial charge is 0.418 e. The minimum absolute atomic E-state index is 0.0179. The Hall–Kier alpha value is -2.10. The summed E-state index contributed by atoms with van der Waals surface area (Å²) in [5.41, 5.74) is 2.39. The number of carbonyl (C=O) groups is 1. The van der Waals surface area contributed by atoms with E-state index in [0.717, 1.165) is 6.07 Å². The summed E-state index contributed by atoms with van der Waals surface area (Å²) < 4.78 is 78.7. The standard InChI is InChI=1S/C19H21F6N3O/c1-17(2,26)7-15(29)28-8-10(9-28)3-13-5-11-4-12(18(20,21)22)6-14(16(11)27-13)19(23,24)25/h4,6,10H,3,5,7-9,26H2,1-2H3. The van der Waals surface area contributed by atoms with E-state index in [1.54, 1.807) is 18.7 Å². The van der Waals surface area contributed by atoms with Gasteiger partial charge in [0.25, 0.3) is 0 Å². The molecule has 1 saturated heterocycles. The predicted octanol–water partition coefficient (Wildman–Crippen LogP) is 4.33. The summed E-state index contributed by atoms with van der Waals surface area (Å²) in [5, 5.41) is 0. The molecule has 4 nitrogen and oxygen atoms in total. The molecule has 2 aliphatic heterocycles. The highest BCUT2D eigenvalue weighted by atomic mass is 19.4. The summed E-state index contributed by atoms with van der Waals surface area (Å²) in [6.45, 7) is 4.34. The molecule has 0 radical (unpaired) electrons. The molecule has 3 rings (SSSR count). The van der Waals surface area contributed by atoms with Gasteiger partial charge in [-0.05, 0) is 43.9 Å². The molecular formula is C19H21F6N3O. The van der Waals surface area contributed by atoms with Gasteiger partial charge in [-0.2, -0.15) is 26.3 Å². The summed E-state index contributed by atoms with van der Waals surface area (Å²) in [7, 11) is 0. The van der Waals surface area contributed by atoms with Crippen molar-refractivity contribution < 1.29 is 31.1 Å². The van der Waals surface area contributed by atoms with Crippen molar-refractivity contribution >= 4 is 17.3 Å². The van der Waals surface area contributed by atoms with Crippen LogP contribution in [0.15, 0.2) is 17.1 Å². The number of nitrogens with two attached hydrogens (primary N) is 1. The minimum atomic E-state index is -4.93. The third-order valence-electron chi connectivity index (χ3n) is 4.93. The van der Waals surface area contributed by atoms with E-state index in [9.17, 15) is 31.1 Å². The number of amides is 1. The number of benzene rings is 1. The van der Waals surface area contributed by atoms with Gasteiger partial charge in [0.2, 0.25) is 5.91 Å². The number of halogens is 6. The Bertz CT molecular complexity index is 845. The molecule has 0 bridgehead atoms. The van der Waals surface area contributed by atoms with Crippen molar-refractivity contribution in [2.45, 2.75) is 51.0 Å². The molecule has 0 spiro atoms. The minimum Gasteiger partial charge on any atom is -0.342 e. The number of carbonyl (C=O) groups excluding carboxylic acids is 1. The molecule has 1 amide bonds. The number of rotatable bonds is 4. The van der Waals surface area contributed by atoms with E-state index in [-0.39, 0.29) is 36.3 Å². The molecule has 0 unspecified atom stereocenters. The first-order chi connectivity index (χ1) is 13.1. The lowest BCUT2D eigenvalue weighted by molar-refractivity contribution is -0.143. The van der Waals surface area contributed by atoms with Crippen molar-refractivity contribution in [3.05, 3.63) is 28.8 Å². The quantitative estimate of drug-likeness (QED) is 0.736. The van der Waals surface area contributed by atoms with Gasteiger partial charge in [0.1, 0.15) is 0 Å². The van der Waals surface area contributed by atoms with E-state index in [1.807, 2.05) is 0 Å². The summed E-state index contributed by atoms with van der Waals surface area (Å²) in [4.78, 5) is 17.7. The highest BCUT2D eigenvalue weighted by Gasteiger charge is 2.41. The van der Waals surface area contributed by atoms with Crippen molar-refractivity contribution in [3.63, 3.8) is 0 Å². The summed E-state index contributed by atoms with van der Waals surface area (Å²) in [5.74, 6) is -0.0797. The zero-order valence-electron chi connectivity index (χ0n) is 15.9. The van der Waals surface area contributed by atoms with Crippen molar-refractivity contribution in [2.24, 2.45) is 16.6 Å². The fraction of sp³-hybridized carbons (Fsp3) is 0.579. The lowest BCUT2D eigenvalue weighted by atomic mass is 9.90. The molecule has 1 fully saturated rings. The van der Waals surface area contributed by atoms with Crippen molar-refractivity contribution in [1.29, 1.82) is 0 Å². The molecule has 1 aromatic carbocycles. The van der Waals surface area contributed by atoms with Crippen molar-refractivity contribution in [3.8, 4) is 0 Å². The van der Waals surface area contributed by atoms with Crippen LogP contribution in [0.1, 0.15) is 43.4 Å². The molecule has 0 aromatic heterocycles. The average molecular weight is 421 g/mol. The highest BCUT2D eigenvalue weighted by molar-refractivity contribution is 5.95. The van der Waals surface area contributed by atoms with E-state index in [0.29, 0.717) is 25.2 Å². The van der Waals surface area contributed by atoms with Gasteiger partial charge >= 0.3 is 12.4 Å². The Morgan fingerprint density at radius 3 is 2.28 bits per heavy atom. The fourth-order valence-corrected chi connectivity index (χ4v) is 3.61. The van der Waals surface area contributed by atoms with Gasteiger partial charge in [0, 0.05) is 37.2 Å². The molecule has 2 heterocycles. The fourth-order valence-electron chi connectivity index (χ4n) is 3.61. The maximum atomic E-state index is 13.3. The number of aliphatic imine (C=N–C) groups is 1. The monoisotopic (exact) mass is 421 g/mol.